The third-order valence-electron chi connectivity index (χ3n) is 3.62. The zero-order valence-corrected chi connectivity index (χ0v) is 11.3. The molecule has 1 atom stereocenters. The number of nitrogens with one attached hydrogen (secondary N) is 1. The van der Waals surface area contributed by atoms with Gasteiger partial charge in [0.1, 0.15) is 0 Å². The first-order chi connectivity index (χ1) is 9.60. The van der Waals surface area contributed by atoms with Crippen molar-refractivity contribution in [2.24, 2.45) is 5.92 Å². The van der Waals surface area contributed by atoms with Gasteiger partial charge < -0.3 is 9.72 Å². The summed E-state index contributed by atoms with van der Waals surface area (Å²) in [7, 11) is 1.33. The number of rotatable bonds is 2. The van der Waals surface area contributed by atoms with E-state index in [0.717, 1.165) is 16.6 Å². The van der Waals surface area contributed by atoms with Crippen LogP contribution in [-0.4, -0.2) is 35.5 Å². The topological polar surface area (TPSA) is 75.3 Å². The quantitative estimate of drug-likeness (QED) is 0.839. The minimum atomic E-state index is -0.415. The van der Waals surface area contributed by atoms with Crippen LogP contribution in [0.3, 0.4) is 0 Å². The molecule has 1 aromatic carbocycles. The fourth-order valence-electron chi connectivity index (χ4n) is 2.53. The van der Waals surface area contributed by atoms with Gasteiger partial charge in [0.15, 0.2) is 0 Å². The van der Waals surface area contributed by atoms with E-state index in [1.165, 1.54) is 12.0 Å². The Bertz CT molecular complexity index is 692. The average Bonchev–Trinajstić information content (AvgIpc) is 3.02. The number of aromatic nitrogens is 2. The van der Waals surface area contributed by atoms with Gasteiger partial charge in [0.25, 0.3) is 0 Å². The number of carbonyl (C=O) groups is 2. The first kappa shape index (κ1) is 12.7. The lowest BCUT2D eigenvalue weighted by atomic mass is 10.1. The van der Waals surface area contributed by atoms with Crippen LogP contribution in [0.5, 0.6) is 0 Å². The van der Waals surface area contributed by atoms with Gasteiger partial charge in [-0.1, -0.05) is 12.1 Å². The molecule has 1 N–H and O–H groups in total. The van der Waals surface area contributed by atoms with Crippen molar-refractivity contribution in [3.63, 3.8) is 0 Å². The lowest BCUT2D eigenvalue weighted by Crippen LogP contribution is -2.27. The van der Waals surface area contributed by atoms with Crippen LogP contribution < -0.4 is 4.90 Å². The maximum absolute atomic E-state index is 12.0. The highest BCUT2D eigenvalue weighted by atomic mass is 16.5. The highest BCUT2D eigenvalue weighted by molar-refractivity contribution is 5.99. The predicted molar refractivity (Wildman–Crippen MR) is 73.3 cm³/mol. The molecule has 0 aliphatic carbocycles. The number of imidazole rings is 1. The van der Waals surface area contributed by atoms with Gasteiger partial charge in [0.2, 0.25) is 11.9 Å². The number of hydrogen-bond acceptors (Lipinski definition) is 4. The molecule has 0 saturated carbocycles. The molecule has 1 fully saturated rings. The fourth-order valence-corrected chi connectivity index (χ4v) is 2.53. The Kier molecular flexibility index (Phi) is 2.93. The molecule has 0 radical (unpaired) electrons. The molecule has 1 amide bonds. The Morgan fingerprint density at radius 3 is 3.00 bits per heavy atom. The molecule has 6 nitrogen and oxygen atoms in total. The molecule has 1 aromatic heterocycles. The van der Waals surface area contributed by atoms with Gasteiger partial charge >= 0.3 is 5.97 Å². The van der Waals surface area contributed by atoms with E-state index in [1.807, 2.05) is 25.1 Å². The van der Waals surface area contributed by atoms with Crippen LogP contribution in [0.1, 0.15) is 12.0 Å². The number of anilines is 1. The van der Waals surface area contributed by atoms with Crippen molar-refractivity contribution in [1.29, 1.82) is 0 Å². The van der Waals surface area contributed by atoms with Gasteiger partial charge in [-0.25, -0.2) is 4.98 Å². The molecule has 3 rings (SSSR count). The zero-order valence-electron chi connectivity index (χ0n) is 11.3. The molecule has 6 heteroatoms. The molecule has 104 valence electrons. The van der Waals surface area contributed by atoms with Gasteiger partial charge in [0, 0.05) is 13.0 Å². The second kappa shape index (κ2) is 4.63. The SMILES string of the molecule is COC(=O)C1CC(=O)N(c2nc3c(C)cccc3[nH]2)C1. The van der Waals surface area contributed by atoms with Crippen LogP contribution in [0.25, 0.3) is 11.0 Å². The molecule has 2 heterocycles. The highest BCUT2D eigenvalue weighted by Crippen LogP contribution is 2.26. The largest absolute Gasteiger partial charge is 0.469 e. The van der Waals surface area contributed by atoms with Gasteiger partial charge in [-0.15, -0.1) is 0 Å². The average molecular weight is 273 g/mol. The minimum Gasteiger partial charge on any atom is -0.469 e. The molecular weight excluding hydrogens is 258 g/mol. The standard InChI is InChI=1S/C14H15N3O3/c1-8-4-3-5-10-12(8)16-14(15-10)17-7-9(6-11(17)18)13(19)20-2/h3-5,9H,6-7H2,1-2H3,(H,15,16). The van der Waals surface area contributed by atoms with Crippen molar-refractivity contribution in [3.05, 3.63) is 23.8 Å². The number of esters is 1. The number of aromatic amines is 1. The summed E-state index contributed by atoms with van der Waals surface area (Å²) < 4.78 is 4.70. The molecule has 1 aliphatic heterocycles. The first-order valence-electron chi connectivity index (χ1n) is 6.43. The first-order valence-corrected chi connectivity index (χ1v) is 6.43. The van der Waals surface area contributed by atoms with Crippen molar-refractivity contribution in [2.75, 3.05) is 18.6 Å². The maximum atomic E-state index is 12.0. The summed E-state index contributed by atoms with van der Waals surface area (Å²) in [6, 6.07) is 5.82. The van der Waals surface area contributed by atoms with Crippen molar-refractivity contribution >= 4 is 28.9 Å². The van der Waals surface area contributed by atoms with E-state index in [9.17, 15) is 9.59 Å². The Labute approximate surface area is 115 Å². The lowest BCUT2D eigenvalue weighted by Gasteiger charge is -2.12. The van der Waals surface area contributed by atoms with E-state index in [-0.39, 0.29) is 18.3 Å². The summed E-state index contributed by atoms with van der Waals surface area (Å²) in [5.41, 5.74) is 2.77. The van der Waals surface area contributed by atoms with Crippen molar-refractivity contribution < 1.29 is 14.3 Å². The van der Waals surface area contributed by atoms with Gasteiger partial charge in [-0.2, -0.15) is 0 Å². The van der Waals surface area contributed by atoms with E-state index in [4.69, 9.17) is 4.74 Å². The van der Waals surface area contributed by atoms with Crippen LogP contribution in [0.15, 0.2) is 18.2 Å². The van der Waals surface area contributed by atoms with Gasteiger partial charge in [-0.05, 0) is 18.6 Å². The molecule has 1 unspecified atom stereocenters. The van der Waals surface area contributed by atoms with Gasteiger partial charge in [-0.3, -0.25) is 14.5 Å². The predicted octanol–water partition coefficient (Wildman–Crippen LogP) is 1.40. The van der Waals surface area contributed by atoms with Crippen LogP contribution in [0.2, 0.25) is 0 Å². The van der Waals surface area contributed by atoms with E-state index in [0.29, 0.717) is 12.5 Å². The number of aryl methyl sites for hydroxylation is 1. The summed E-state index contributed by atoms with van der Waals surface area (Å²) in [5.74, 6) is -0.391. The maximum Gasteiger partial charge on any atom is 0.311 e. The number of carbonyl (C=O) groups excluding carboxylic acids is 2. The summed E-state index contributed by atoms with van der Waals surface area (Å²) in [6.07, 6.45) is 0.169. The van der Waals surface area contributed by atoms with E-state index in [2.05, 4.69) is 9.97 Å². The normalized spacial score (nSPS) is 18.8. The minimum absolute atomic E-state index is 0.114. The fraction of sp³-hybridized carbons (Fsp3) is 0.357. The van der Waals surface area contributed by atoms with Crippen LogP contribution in [-0.2, 0) is 14.3 Å². The Balaban J connectivity index is 1.93. The molecule has 0 spiro atoms. The van der Waals surface area contributed by atoms with Crippen molar-refractivity contribution in [2.45, 2.75) is 13.3 Å². The number of methoxy groups -OCH3 is 1. The monoisotopic (exact) mass is 273 g/mol. The number of ether oxygens (including phenoxy) is 1. The van der Waals surface area contributed by atoms with Gasteiger partial charge in [0.05, 0.1) is 24.1 Å². The van der Waals surface area contributed by atoms with Crippen LogP contribution in [0, 0.1) is 12.8 Å². The number of H-pyrrole nitrogens is 1. The zero-order chi connectivity index (χ0) is 14.3. The Hall–Kier alpha value is -2.37. The number of hydrogen-bond donors (Lipinski definition) is 1. The molecule has 20 heavy (non-hydrogen) atoms. The number of para-hydroxylation sites is 1. The number of benzene rings is 1. The summed E-state index contributed by atoms with van der Waals surface area (Å²) in [4.78, 5) is 32.7. The van der Waals surface area contributed by atoms with Crippen molar-refractivity contribution in [3.8, 4) is 0 Å². The smallest absolute Gasteiger partial charge is 0.311 e. The van der Waals surface area contributed by atoms with E-state index < -0.39 is 5.92 Å². The van der Waals surface area contributed by atoms with Crippen LogP contribution >= 0.6 is 0 Å². The second-order valence-electron chi connectivity index (χ2n) is 4.96. The third kappa shape index (κ3) is 1.93. The Morgan fingerprint density at radius 2 is 2.30 bits per heavy atom. The number of nitrogens with zero attached hydrogens (tertiary/aromatic N) is 2. The highest BCUT2D eigenvalue weighted by Gasteiger charge is 2.37. The molecule has 0 bridgehead atoms. The summed E-state index contributed by atoms with van der Waals surface area (Å²) >= 11 is 0. The van der Waals surface area contributed by atoms with E-state index >= 15 is 0 Å². The van der Waals surface area contributed by atoms with Crippen LogP contribution in [0.4, 0.5) is 5.95 Å². The molecular formula is C14H15N3O3. The number of amides is 1. The Morgan fingerprint density at radius 1 is 1.50 bits per heavy atom. The summed E-state index contributed by atoms with van der Waals surface area (Å²) in [5, 5.41) is 0. The number of fused-ring (bicyclic) bond motifs is 1. The van der Waals surface area contributed by atoms with E-state index in [1.54, 1.807) is 0 Å². The second-order valence-corrected chi connectivity index (χ2v) is 4.96. The van der Waals surface area contributed by atoms with Crippen molar-refractivity contribution in [1.82, 2.24) is 9.97 Å². The molecule has 1 aliphatic rings. The summed E-state index contributed by atoms with van der Waals surface area (Å²) in [6.45, 7) is 2.28. The molecule has 1 saturated heterocycles. The lowest BCUT2D eigenvalue weighted by molar-refractivity contribution is -0.145. The third-order valence-corrected chi connectivity index (χ3v) is 3.62. The molecule has 2 aromatic rings.